The van der Waals surface area contributed by atoms with Crippen LogP contribution in [0.3, 0.4) is 0 Å². The molecular formula is C15H20N2O3. The van der Waals surface area contributed by atoms with Gasteiger partial charge in [-0.15, -0.1) is 0 Å². The minimum atomic E-state index is -0.234. The zero-order chi connectivity index (χ0) is 14.7. The van der Waals surface area contributed by atoms with Gasteiger partial charge in [-0.2, -0.15) is 0 Å². The first-order chi connectivity index (χ1) is 9.52. The number of hydrogen-bond donors (Lipinski definition) is 0. The number of pyridine rings is 1. The van der Waals surface area contributed by atoms with Gasteiger partial charge in [-0.3, -0.25) is 14.6 Å². The number of esters is 1. The summed E-state index contributed by atoms with van der Waals surface area (Å²) >= 11 is 0. The van der Waals surface area contributed by atoms with Crippen LogP contribution in [0.25, 0.3) is 0 Å². The van der Waals surface area contributed by atoms with Gasteiger partial charge in [0, 0.05) is 19.3 Å². The number of aryl methyl sites for hydroxylation is 1. The number of ether oxygens (including phenoxy) is 1. The van der Waals surface area contributed by atoms with Crippen LogP contribution in [-0.4, -0.2) is 42.0 Å². The number of carbonyl (C=O) groups excluding carboxylic acids is 2. The summed E-state index contributed by atoms with van der Waals surface area (Å²) in [5.41, 5.74) is 1.81. The van der Waals surface area contributed by atoms with Crippen molar-refractivity contribution >= 4 is 11.9 Å². The van der Waals surface area contributed by atoms with Gasteiger partial charge in [0.15, 0.2) is 0 Å². The molecule has 0 aromatic carbocycles. The summed E-state index contributed by atoms with van der Waals surface area (Å²) in [4.78, 5) is 29.9. The van der Waals surface area contributed by atoms with Crippen LogP contribution in [0.2, 0.25) is 0 Å². The molecule has 1 saturated heterocycles. The van der Waals surface area contributed by atoms with Crippen LogP contribution in [-0.2, 0) is 20.7 Å². The summed E-state index contributed by atoms with van der Waals surface area (Å²) in [6.45, 7) is 4.96. The molecule has 5 nitrogen and oxygen atoms in total. The summed E-state index contributed by atoms with van der Waals surface area (Å²) < 4.78 is 4.78. The van der Waals surface area contributed by atoms with E-state index in [0.717, 1.165) is 11.3 Å². The first-order valence-electron chi connectivity index (χ1n) is 6.79. The molecule has 1 aliphatic heterocycles. The van der Waals surface area contributed by atoms with E-state index in [2.05, 4.69) is 4.98 Å². The SMILES string of the molecule is COC(=O)C1CN(C(=O)Cc2ncccc2C)CC1C. The van der Waals surface area contributed by atoms with Gasteiger partial charge in [-0.1, -0.05) is 13.0 Å². The Bertz CT molecular complexity index is 516. The molecule has 2 atom stereocenters. The number of likely N-dealkylation sites (tertiary alicyclic amines) is 1. The second kappa shape index (κ2) is 6.03. The van der Waals surface area contributed by atoms with Crippen LogP contribution >= 0.6 is 0 Å². The van der Waals surface area contributed by atoms with Crippen LogP contribution in [0.1, 0.15) is 18.2 Å². The third-order valence-electron chi connectivity index (χ3n) is 3.91. The Kier molecular flexibility index (Phi) is 4.37. The summed E-state index contributed by atoms with van der Waals surface area (Å²) in [7, 11) is 1.39. The number of rotatable bonds is 3. The molecular weight excluding hydrogens is 256 g/mol. The van der Waals surface area contributed by atoms with E-state index < -0.39 is 0 Å². The molecule has 2 rings (SSSR count). The lowest BCUT2D eigenvalue weighted by Crippen LogP contribution is -2.31. The Balaban J connectivity index is 2.01. The van der Waals surface area contributed by atoms with Crippen LogP contribution in [0.5, 0.6) is 0 Å². The largest absolute Gasteiger partial charge is 0.469 e. The predicted molar refractivity (Wildman–Crippen MR) is 73.9 cm³/mol. The fraction of sp³-hybridized carbons (Fsp3) is 0.533. The molecule has 1 amide bonds. The smallest absolute Gasteiger partial charge is 0.310 e. The molecule has 20 heavy (non-hydrogen) atoms. The Morgan fingerprint density at radius 2 is 2.20 bits per heavy atom. The van der Waals surface area contributed by atoms with Gasteiger partial charge >= 0.3 is 5.97 Å². The third kappa shape index (κ3) is 2.98. The van der Waals surface area contributed by atoms with Gasteiger partial charge in [-0.05, 0) is 24.5 Å². The molecule has 1 fully saturated rings. The number of amides is 1. The monoisotopic (exact) mass is 276 g/mol. The molecule has 0 aliphatic carbocycles. The maximum Gasteiger partial charge on any atom is 0.310 e. The quantitative estimate of drug-likeness (QED) is 0.778. The van der Waals surface area contributed by atoms with E-state index in [-0.39, 0.29) is 30.1 Å². The van der Waals surface area contributed by atoms with Crippen molar-refractivity contribution in [3.63, 3.8) is 0 Å². The molecule has 2 unspecified atom stereocenters. The van der Waals surface area contributed by atoms with E-state index in [9.17, 15) is 9.59 Å². The Morgan fingerprint density at radius 3 is 2.85 bits per heavy atom. The molecule has 0 bridgehead atoms. The van der Waals surface area contributed by atoms with Gasteiger partial charge in [-0.25, -0.2) is 0 Å². The zero-order valence-corrected chi connectivity index (χ0v) is 12.1. The number of carbonyl (C=O) groups is 2. The number of methoxy groups -OCH3 is 1. The first kappa shape index (κ1) is 14.5. The van der Waals surface area contributed by atoms with Gasteiger partial charge < -0.3 is 9.64 Å². The molecule has 1 aliphatic rings. The lowest BCUT2D eigenvalue weighted by molar-refractivity contribution is -0.146. The molecule has 0 radical (unpaired) electrons. The van der Waals surface area contributed by atoms with E-state index in [4.69, 9.17) is 4.74 Å². The highest BCUT2D eigenvalue weighted by atomic mass is 16.5. The van der Waals surface area contributed by atoms with Crippen molar-refractivity contribution in [2.24, 2.45) is 11.8 Å². The maximum absolute atomic E-state index is 12.3. The number of hydrogen-bond acceptors (Lipinski definition) is 4. The zero-order valence-electron chi connectivity index (χ0n) is 12.1. The van der Waals surface area contributed by atoms with Crippen molar-refractivity contribution in [1.29, 1.82) is 0 Å². The summed E-state index contributed by atoms with van der Waals surface area (Å²) in [5.74, 6) is -0.295. The fourth-order valence-electron chi connectivity index (χ4n) is 2.59. The van der Waals surface area contributed by atoms with Crippen LogP contribution < -0.4 is 0 Å². The topological polar surface area (TPSA) is 59.5 Å². The number of nitrogens with zero attached hydrogens (tertiary/aromatic N) is 2. The third-order valence-corrected chi connectivity index (χ3v) is 3.91. The van der Waals surface area contributed by atoms with Crippen LogP contribution in [0.15, 0.2) is 18.3 Å². The Morgan fingerprint density at radius 1 is 1.45 bits per heavy atom. The summed E-state index contributed by atoms with van der Waals surface area (Å²) in [5, 5.41) is 0. The molecule has 108 valence electrons. The van der Waals surface area contributed by atoms with Gasteiger partial charge in [0.25, 0.3) is 0 Å². The predicted octanol–water partition coefficient (Wildman–Crippen LogP) is 1.20. The highest BCUT2D eigenvalue weighted by Crippen LogP contribution is 2.24. The Labute approximate surface area is 118 Å². The van der Waals surface area contributed by atoms with Gasteiger partial charge in [0.2, 0.25) is 5.91 Å². The van der Waals surface area contributed by atoms with Crippen molar-refractivity contribution in [1.82, 2.24) is 9.88 Å². The number of aromatic nitrogens is 1. The normalized spacial score (nSPS) is 21.9. The second-order valence-corrected chi connectivity index (χ2v) is 5.35. The van der Waals surface area contributed by atoms with E-state index in [1.54, 1.807) is 11.1 Å². The summed E-state index contributed by atoms with van der Waals surface area (Å²) in [6, 6.07) is 3.80. The van der Waals surface area contributed by atoms with Crippen molar-refractivity contribution in [2.45, 2.75) is 20.3 Å². The van der Waals surface area contributed by atoms with Crippen molar-refractivity contribution < 1.29 is 14.3 Å². The molecule has 1 aromatic heterocycles. The summed E-state index contributed by atoms with van der Waals surface area (Å²) in [6.07, 6.45) is 1.98. The lowest BCUT2D eigenvalue weighted by Gasteiger charge is -2.16. The molecule has 1 aromatic rings. The van der Waals surface area contributed by atoms with Crippen LogP contribution in [0.4, 0.5) is 0 Å². The first-order valence-corrected chi connectivity index (χ1v) is 6.79. The lowest BCUT2D eigenvalue weighted by atomic mass is 9.99. The van der Waals surface area contributed by atoms with Gasteiger partial charge in [0.05, 0.1) is 25.1 Å². The van der Waals surface area contributed by atoms with E-state index in [1.165, 1.54) is 7.11 Å². The molecule has 5 heteroatoms. The average molecular weight is 276 g/mol. The molecule has 0 saturated carbocycles. The van der Waals surface area contributed by atoms with Crippen molar-refractivity contribution in [3.8, 4) is 0 Å². The van der Waals surface area contributed by atoms with E-state index in [0.29, 0.717) is 13.1 Å². The highest BCUT2D eigenvalue weighted by molar-refractivity contribution is 5.81. The van der Waals surface area contributed by atoms with Crippen molar-refractivity contribution in [3.05, 3.63) is 29.6 Å². The molecule has 0 N–H and O–H groups in total. The minimum absolute atomic E-state index is 0.0186. The standard InChI is InChI=1S/C15H20N2O3/c1-10-5-4-6-16-13(10)7-14(18)17-8-11(2)12(9-17)15(19)20-3/h4-6,11-12H,7-9H2,1-3H3. The molecule has 2 heterocycles. The van der Waals surface area contributed by atoms with Crippen molar-refractivity contribution in [2.75, 3.05) is 20.2 Å². The minimum Gasteiger partial charge on any atom is -0.469 e. The maximum atomic E-state index is 12.3. The van der Waals surface area contributed by atoms with E-state index in [1.807, 2.05) is 26.0 Å². The molecule has 0 spiro atoms. The van der Waals surface area contributed by atoms with Gasteiger partial charge in [0.1, 0.15) is 0 Å². The van der Waals surface area contributed by atoms with E-state index >= 15 is 0 Å². The fourth-order valence-corrected chi connectivity index (χ4v) is 2.59. The highest BCUT2D eigenvalue weighted by Gasteiger charge is 2.37. The van der Waals surface area contributed by atoms with Crippen LogP contribution in [0, 0.1) is 18.8 Å². The average Bonchev–Trinajstić information content (AvgIpc) is 2.82. The second-order valence-electron chi connectivity index (χ2n) is 5.35. The Hall–Kier alpha value is -1.91.